The Labute approximate surface area is 166 Å². The Bertz CT molecular complexity index is 742. The van der Waals surface area contributed by atoms with Crippen LogP contribution in [0.1, 0.15) is 26.3 Å². The van der Waals surface area contributed by atoms with Crippen LogP contribution in [0, 0.1) is 0 Å². The third-order valence-corrected chi connectivity index (χ3v) is 4.24. The van der Waals surface area contributed by atoms with Crippen molar-refractivity contribution in [2.75, 3.05) is 25.6 Å². The first-order chi connectivity index (χ1) is 13.3. The fourth-order valence-electron chi connectivity index (χ4n) is 2.80. The van der Waals surface area contributed by atoms with Crippen LogP contribution >= 0.6 is 0 Å². The molecule has 0 saturated carbocycles. The number of ether oxygens (including phenoxy) is 2. The summed E-state index contributed by atoms with van der Waals surface area (Å²) in [5.74, 6) is 1.37. The number of hydrogen-bond acceptors (Lipinski definition) is 5. The van der Waals surface area contributed by atoms with Crippen LogP contribution in [0.4, 0.5) is 5.69 Å². The van der Waals surface area contributed by atoms with E-state index < -0.39 is 6.10 Å². The summed E-state index contributed by atoms with van der Waals surface area (Å²) >= 11 is 0. The zero-order chi connectivity index (χ0) is 20.6. The average Bonchev–Trinajstić information content (AvgIpc) is 2.66. The number of anilines is 1. The Morgan fingerprint density at radius 1 is 1.07 bits per heavy atom. The quantitative estimate of drug-likeness (QED) is 0.585. The number of benzene rings is 2. The Balaban J connectivity index is 1.75. The molecule has 2 aromatic rings. The molecule has 0 bridgehead atoms. The fourth-order valence-corrected chi connectivity index (χ4v) is 2.80. The van der Waals surface area contributed by atoms with Crippen LogP contribution in [0.5, 0.6) is 11.5 Å². The summed E-state index contributed by atoms with van der Waals surface area (Å²) in [6, 6.07) is 15.0. The molecule has 6 heteroatoms. The molecule has 6 nitrogen and oxygen atoms in total. The van der Waals surface area contributed by atoms with E-state index >= 15 is 0 Å². The topological polar surface area (TPSA) is 79.8 Å². The number of rotatable bonds is 10. The van der Waals surface area contributed by atoms with Crippen molar-refractivity contribution in [1.82, 2.24) is 5.32 Å². The van der Waals surface area contributed by atoms with Crippen molar-refractivity contribution in [3.05, 3.63) is 54.1 Å². The monoisotopic (exact) mass is 386 g/mol. The predicted octanol–water partition coefficient (Wildman–Crippen LogP) is 3.00. The minimum atomic E-state index is -0.634. The summed E-state index contributed by atoms with van der Waals surface area (Å²) < 4.78 is 10.8. The lowest BCUT2D eigenvalue weighted by Crippen LogP contribution is -2.46. The molecule has 0 aromatic heterocycles. The van der Waals surface area contributed by atoms with E-state index in [0.29, 0.717) is 18.0 Å². The maximum absolute atomic E-state index is 11.0. The van der Waals surface area contributed by atoms with Gasteiger partial charge in [0.1, 0.15) is 24.2 Å². The van der Waals surface area contributed by atoms with E-state index in [1.165, 1.54) is 12.5 Å². The molecular weight excluding hydrogens is 356 g/mol. The molecule has 0 aliphatic heterocycles. The molecule has 0 fully saturated rings. The van der Waals surface area contributed by atoms with Gasteiger partial charge in [0.2, 0.25) is 5.91 Å². The number of hydrogen-bond donors (Lipinski definition) is 3. The summed E-state index contributed by atoms with van der Waals surface area (Å²) in [6.07, 6.45) is 0.194. The molecule has 0 radical (unpaired) electrons. The Morgan fingerprint density at radius 2 is 1.68 bits per heavy atom. The van der Waals surface area contributed by atoms with Gasteiger partial charge in [-0.15, -0.1) is 0 Å². The summed E-state index contributed by atoms with van der Waals surface area (Å²) in [4.78, 5) is 11.0. The molecule has 0 aliphatic carbocycles. The second kappa shape index (κ2) is 10.1. The van der Waals surface area contributed by atoms with Gasteiger partial charge in [-0.25, -0.2) is 0 Å². The van der Waals surface area contributed by atoms with Gasteiger partial charge in [0.15, 0.2) is 0 Å². The summed E-state index contributed by atoms with van der Waals surface area (Å²) in [7, 11) is 1.65. The Hall–Kier alpha value is -2.57. The maximum atomic E-state index is 11.0. The minimum absolute atomic E-state index is 0.118. The van der Waals surface area contributed by atoms with Gasteiger partial charge in [0.05, 0.1) is 7.11 Å². The Kier molecular flexibility index (Phi) is 7.84. The summed E-state index contributed by atoms with van der Waals surface area (Å²) in [5, 5.41) is 16.3. The molecule has 3 N–H and O–H groups in total. The first-order valence-corrected chi connectivity index (χ1v) is 9.34. The normalized spacial score (nSPS) is 12.3. The molecule has 1 atom stereocenters. The van der Waals surface area contributed by atoms with E-state index in [0.717, 1.165) is 12.2 Å². The van der Waals surface area contributed by atoms with Crippen LogP contribution in [0.2, 0.25) is 0 Å². The number of amides is 1. The van der Waals surface area contributed by atoms with Crippen LogP contribution in [-0.2, 0) is 11.2 Å². The third-order valence-electron chi connectivity index (χ3n) is 4.24. The Morgan fingerprint density at radius 3 is 2.25 bits per heavy atom. The van der Waals surface area contributed by atoms with E-state index in [1.807, 2.05) is 24.3 Å². The lowest BCUT2D eigenvalue weighted by atomic mass is 9.94. The second-order valence-electron chi connectivity index (χ2n) is 7.46. The molecule has 0 spiro atoms. The van der Waals surface area contributed by atoms with Gasteiger partial charge in [-0.2, -0.15) is 0 Å². The van der Waals surface area contributed by atoms with Gasteiger partial charge >= 0.3 is 0 Å². The molecule has 1 amide bonds. The number of carbonyl (C=O) groups excluding carboxylic acids is 1. The number of aliphatic hydroxyl groups excluding tert-OH is 1. The molecule has 0 aliphatic rings. The minimum Gasteiger partial charge on any atom is -0.497 e. The first-order valence-electron chi connectivity index (χ1n) is 9.34. The van der Waals surface area contributed by atoms with Crippen LogP contribution in [0.15, 0.2) is 48.5 Å². The molecular formula is C22H30N2O4. The van der Waals surface area contributed by atoms with E-state index in [9.17, 15) is 9.90 Å². The van der Waals surface area contributed by atoms with Gasteiger partial charge in [0.25, 0.3) is 0 Å². The first kappa shape index (κ1) is 21.7. The summed E-state index contributed by atoms with van der Waals surface area (Å²) in [5.41, 5.74) is 1.74. The van der Waals surface area contributed by atoms with Crippen molar-refractivity contribution in [3.8, 4) is 11.5 Å². The van der Waals surface area contributed by atoms with Gasteiger partial charge < -0.3 is 25.2 Å². The van der Waals surface area contributed by atoms with Crippen LogP contribution in [0.3, 0.4) is 0 Å². The predicted molar refractivity (Wildman–Crippen MR) is 111 cm³/mol. The van der Waals surface area contributed by atoms with Gasteiger partial charge in [-0.3, -0.25) is 4.79 Å². The molecule has 1 unspecified atom stereocenters. The van der Waals surface area contributed by atoms with E-state index in [-0.39, 0.29) is 18.1 Å². The molecule has 2 rings (SSSR count). The molecule has 2 aromatic carbocycles. The van der Waals surface area contributed by atoms with E-state index in [4.69, 9.17) is 9.47 Å². The zero-order valence-electron chi connectivity index (χ0n) is 17.0. The zero-order valence-corrected chi connectivity index (χ0v) is 17.0. The highest BCUT2D eigenvalue weighted by atomic mass is 16.5. The largest absolute Gasteiger partial charge is 0.497 e. The lowest BCUT2D eigenvalue weighted by Gasteiger charge is -2.28. The smallest absolute Gasteiger partial charge is 0.221 e. The van der Waals surface area contributed by atoms with Crippen molar-refractivity contribution in [1.29, 1.82) is 0 Å². The van der Waals surface area contributed by atoms with Crippen LogP contribution < -0.4 is 20.1 Å². The number of β-amino-alcohol motifs (C(OH)–C–C–N with tert-alkyl or cyclic N) is 1. The highest BCUT2D eigenvalue weighted by Gasteiger charge is 2.19. The fraction of sp³-hybridized carbons (Fsp3) is 0.409. The molecule has 28 heavy (non-hydrogen) atoms. The lowest BCUT2D eigenvalue weighted by molar-refractivity contribution is -0.114. The van der Waals surface area contributed by atoms with Crippen molar-refractivity contribution in [3.63, 3.8) is 0 Å². The van der Waals surface area contributed by atoms with Crippen LogP contribution in [-0.4, -0.2) is 42.9 Å². The van der Waals surface area contributed by atoms with Crippen LogP contribution in [0.25, 0.3) is 0 Å². The molecule has 0 heterocycles. The summed E-state index contributed by atoms with van der Waals surface area (Å²) in [6.45, 7) is 6.28. The van der Waals surface area contributed by atoms with Gasteiger partial charge in [0, 0.05) is 24.7 Å². The molecule has 152 valence electrons. The number of methoxy groups -OCH3 is 1. The number of aliphatic hydroxyl groups is 1. The van der Waals surface area contributed by atoms with Gasteiger partial charge in [-0.05, 0) is 62.2 Å². The maximum Gasteiger partial charge on any atom is 0.221 e. The third kappa shape index (κ3) is 7.58. The van der Waals surface area contributed by atoms with E-state index in [2.05, 4.69) is 24.5 Å². The van der Waals surface area contributed by atoms with E-state index in [1.54, 1.807) is 31.4 Å². The standard InChI is InChI=1S/C22H30N2O4/c1-16(25)24-18-7-11-21(12-8-18)28-15-19(26)14-23-22(2,3)13-17-5-9-20(27-4)10-6-17/h5-12,19,23,26H,13-15H2,1-4H3,(H,24,25). The number of nitrogens with one attached hydrogen (secondary N) is 2. The highest BCUT2D eigenvalue weighted by Crippen LogP contribution is 2.18. The second-order valence-corrected chi connectivity index (χ2v) is 7.46. The highest BCUT2D eigenvalue weighted by molar-refractivity contribution is 5.88. The van der Waals surface area contributed by atoms with Crippen molar-refractivity contribution in [2.24, 2.45) is 0 Å². The van der Waals surface area contributed by atoms with Crippen molar-refractivity contribution in [2.45, 2.75) is 38.8 Å². The molecule has 0 saturated heterocycles. The van der Waals surface area contributed by atoms with Crippen molar-refractivity contribution < 1.29 is 19.4 Å². The SMILES string of the molecule is COc1ccc(CC(C)(C)NCC(O)COc2ccc(NC(C)=O)cc2)cc1. The average molecular weight is 386 g/mol. The number of carbonyl (C=O) groups is 1. The van der Waals surface area contributed by atoms with Gasteiger partial charge in [-0.1, -0.05) is 12.1 Å². The van der Waals surface area contributed by atoms with Crippen molar-refractivity contribution >= 4 is 11.6 Å².